The molecule has 4 rings (SSSR count). The van der Waals surface area contributed by atoms with Crippen LogP contribution in [-0.2, 0) is 9.59 Å². The minimum Gasteiger partial charge on any atom is -0.550 e. The number of nitrogens with zero attached hydrogens (tertiary/aromatic N) is 4. The van der Waals surface area contributed by atoms with Gasteiger partial charge in [-0.2, -0.15) is 0 Å². The Labute approximate surface area is 259 Å². The van der Waals surface area contributed by atoms with Crippen LogP contribution in [0.4, 0.5) is 23.5 Å². The summed E-state index contributed by atoms with van der Waals surface area (Å²) in [7, 11) is 0. The molecule has 10 N–H and O–H groups in total. The van der Waals surface area contributed by atoms with E-state index in [0.717, 1.165) is 0 Å². The fourth-order valence-corrected chi connectivity index (χ4v) is 3.85. The van der Waals surface area contributed by atoms with Gasteiger partial charge in [-0.3, -0.25) is 0 Å². The van der Waals surface area contributed by atoms with Gasteiger partial charge in [0.05, 0.1) is 20.1 Å². The number of anilines is 4. The average molecular weight is 658 g/mol. The zero-order valence-electron chi connectivity index (χ0n) is 21.5. The fraction of sp³-hybridized carbons (Fsp3) is 0.167. The van der Waals surface area contributed by atoms with Gasteiger partial charge >= 0.3 is 11.9 Å². The predicted octanol–water partition coefficient (Wildman–Crippen LogP) is 0.904. The molecule has 2 aromatic carbocycles. The molecule has 0 amide bonds. The maximum absolute atomic E-state index is 9.77. The molecule has 18 heteroatoms. The van der Waals surface area contributed by atoms with Crippen molar-refractivity contribution in [2.45, 2.75) is 25.7 Å². The van der Waals surface area contributed by atoms with Crippen molar-refractivity contribution in [3.8, 4) is 22.5 Å². The molecule has 0 aliphatic heterocycles. The van der Waals surface area contributed by atoms with E-state index in [2.05, 4.69) is 30.4 Å². The van der Waals surface area contributed by atoms with Gasteiger partial charge in [-0.05, 0) is 37.8 Å². The largest absolute Gasteiger partial charge is 0.550 e. The summed E-state index contributed by atoms with van der Waals surface area (Å²) in [6.45, 7) is 0. The molecule has 14 nitrogen and oxygen atoms in total. The van der Waals surface area contributed by atoms with Crippen LogP contribution in [0, 0.1) is 0 Å². The number of nitrogens with two attached hydrogens (primary N) is 4. The lowest BCUT2D eigenvalue weighted by molar-refractivity contribution is -0.347. The number of benzene rings is 2. The highest BCUT2D eigenvalue weighted by molar-refractivity contribution is 6.44. The first-order valence-corrected chi connectivity index (χ1v) is 13.2. The van der Waals surface area contributed by atoms with Gasteiger partial charge in [-0.1, -0.05) is 80.9 Å². The summed E-state index contributed by atoms with van der Waals surface area (Å²) >= 11 is 23.9. The monoisotopic (exact) mass is 656 g/mol. The highest BCUT2D eigenvalue weighted by Gasteiger charge is 2.16. The van der Waals surface area contributed by atoms with Crippen molar-refractivity contribution in [3.63, 3.8) is 0 Å². The van der Waals surface area contributed by atoms with Crippen LogP contribution in [-0.4, -0.2) is 32.3 Å². The predicted molar refractivity (Wildman–Crippen MR) is 154 cm³/mol. The number of unbranched alkanes of at least 4 members (excludes halogenated alkanes) is 1. The van der Waals surface area contributed by atoms with E-state index in [9.17, 15) is 19.8 Å². The number of hydrogen-bond acceptors (Lipinski definition) is 12. The molecular formula is C24H24Cl4N10O4. The van der Waals surface area contributed by atoms with Crippen LogP contribution in [0.2, 0.25) is 20.1 Å². The second-order valence-corrected chi connectivity index (χ2v) is 9.67. The molecule has 0 aliphatic rings. The van der Waals surface area contributed by atoms with Gasteiger partial charge in [0.1, 0.15) is 0 Å². The van der Waals surface area contributed by atoms with Gasteiger partial charge in [0, 0.05) is 33.3 Å². The summed E-state index contributed by atoms with van der Waals surface area (Å²) in [6.07, 6.45) is 0.535. The Balaban J connectivity index is 0.000000228. The molecule has 0 fully saturated rings. The van der Waals surface area contributed by atoms with Crippen LogP contribution in [0.3, 0.4) is 0 Å². The summed E-state index contributed by atoms with van der Waals surface area (Å²) in [5.74, 6) is -1.43. The molecule has 42 heavy (non-hydrogen) atoms. The van der Waals surface area contributed by atoms with Crippen molar-refractivity contribution in [1.82, 2.24) is 20.4 Å². The van der Waals surface area contributed by atoms with E-state index >= 15 is 0 Å². The molecule has 0 radical (unpaired) electrons. The molecule has 222 valence electrons. The molecule has 0 atom stereocenters. The number of nitrogens with one attached hydrogen (secondary N) is 2. The Hall–Kier alpha value is -4.24. The summed E-state index contributed by atoms with van der Waals surface area (Å²) in [5.41, 5.74) is 24.3. The van der Waals surface area contributed by atoms with Crippen molar-refractivity contribution in [2.75, 3.05) is 22.9 Å². The SMILES string of the molecule is Nc1nnc(-c2cccc(Cl)c2Cl)c(N)[nH+]1.Nc1nnc(-c2cccc(Cl)c2Cl)c(N)[nH+]1.O=C([O-])CCCCC(=O)[O-]. The van der Waals surface area contributed by atoms with Crippen molar-refractivity contribution in [3.05, 3.63) is 56.5 Å². The molecule has 0 spiro atoms. The minimum absolute atomic E-state index is 0.0761. The molecule has 4 aromatic rings. The van der Waals surface area contributed by atoms with Crippen LogP contribution in [0.5, 0.6) is 0 Å². The van der Waals surface area contributed by atoms with Gasteiger partial charge in [0.15, 0.2) is 11.4 Å². The van der Waals surface area contributed by atoms with E-state index in [1.807, 2.05) is 0 Å². The number of H-pyrrole nitrogens is 2. The summed E-state index contributed by atoms with van der Waals surface area (Å²) in [5, 5.41) is 36.3. The first kappa shape index (κ1) is 34.0. The minimum atomic E-state index is -1.14. The second-order valence-electron chi connectivity index (χ2n) is 8.10. The number of aliphatic carboxylic acids is 2. The van der Waals surface area contributed by atoms with Crippen LogP contribution in [0.15, 0.2) is 36.4 Å². The van der Waals surface area contributed by atoms with Gasteiger partial charge < -0.3 is 42.7 Å². The lowest BCUT2D eigenvalue weighted by Crippen LogP contribution is -2.23. The summed E-state index contributed by atoms with van der Waals surface area (Å²) in [6, 6.07) is 10.4. The third-order valence-corrected chi connectivity index (χ3v) is 6.61. The Bertz CT molecular complexity index is 1450. The van der Waals surface area contributed by atoms with Gasteiger partial charge in [0.25, 0.3) is 0 Å². The van der Waals surface area contributed by atoms with Crippen LogP contribution in [0.25, 0.3) is 22.5 Å². The van der Waals surface area contributed by atoms with Crippen molar-refractivity contribution >= 4 is 81.9 Å². The molecule has 2 aromatic heterocycles. The maximum atomic E-state index is 9.77. The maximum Gasteiger partial charge on any atom is 0.364 e. The van der Waals surface area contributed by atoms with E-state index in [1.165, 1.54) is 0 Å². The topological polar surface area (TPSA) is 264 Å². The van der Waals surface area contributed by atoms with Crippen LogP contribution >= 0.6 is 46.4 Å². The summed E-state index contributed by atoms with van der Waals surface area (Å²) < 4.78 is 0. The van der Waals surface area contributed by atoms with E-state index in [-0.39, 0.29) is 36.4 Å². The molecule has 2 heterocycles. The number of aromatic nitrogens is 6. The number of carbonyl (C=O) groups excluding carboxylic acids is 2. The third-order valence-electron chi connectivity index (χ3n) is 4.98. The second kappa shape index (κ2) is 16.3. The number of nitrogen functional groups attached to an aromatic ring is 4. The summed E-state index contributed by atoms with van der Waals surface area (Å²) in [4.78, 5) is 24.9. The number of rotatable bonds is 7. The Morgan fingerprint density at radius 2 is 1.00 bits per heavy atom. The standard InChI is InChI=1S/2C9H7Cl2N5.C6H10O4/c2*10-5-3-1-2-4(6(5)11)7-8(12)14-9(13)16-15-7;7-5(8)3-1-2-4-6(9)10/h2*1-3H,(H4,12,13,14,16);1-4H2,(H,7,8)(H,9,10). The Kier molecular flexibility index (Phi) is 13.2. The highest BCUT2D eigenvalue weighted by Crippen LogP contribution is 2.34. The first-order valence-electron chi connectivity index (χ1n) is 11.7. The van der Waals surface area contributed by atoms with E-state index < -0.39 is 11.9 Å². The van der Waals surface area contributed by atoms with Crippen LogP contribution < -0.4 is 43.1 Å². The highest BCUT2D eigenvalue weighted by atomic mass is 35.5. The number of halogens is 4. The molecular weight excluding hydrogens is 634 g/mol. The van der Waals surface area contributed by atoms with E-state index in [4.69, 9.17) is 69.3 Å². The molecule has 0 bridgehead atoms. The lowest BCUT2D eigenvalue weighted by Gasteiger charge is -2.04. The normalized spacial score (nSPS) is 10.1. The van der Waals surface area contributed by atoms with Crippen LogP contribution in [0.1, 0.15) is 25.7 Å². The van der Waals surface area contributed by atoms with Crippen molar-refractivity contribution in [2.24, 2.45) is 0 Å². The van der Waals surface area contributed by atoms with Gasteiger partial charge in [0.2, 0.25) is 11.6 Å². The number of carbonyl (C=O) groups is 2. The number of hydrogen-bond donors (Lipinski definition) is 4. The third kappa shape index (κ3) is 10.3. The Morgan fingerprint density at radius 1 is 0.643 bits per heavy atom. The lowest BCUT2D eigenvalue weighted by atomic mass is 10.1. The average Bonchev–Trinajstić information content (AvgIpc) is 2.91. The van der Waals surface area contributed by atoms with Crippen molar-refractivity contribution in [1.29, 1.82) is 0 Å². The fourth-order valence-electron chi connectivity index (χ4n) is 3.07. The number of aromatic amines is 2. The molecule has 0 saturated heterocycles. The van der Waals surface area contributed by atoms with Gasteiger partial charge in [-0.25, -0.2) is 9.97 Å². The smallest absolute Gasteiger partial charge is 0.364 e. The quantitative estimate of drug-likeness (QED) is 0.202. The Morgan fingerprint density at radius 3 is 1.31 bits per heavy atom. The van der Waals surface area contributed by atoms with Crippen molar-refractivity contribution < 1.29 is 29.8 Å². The zero-order chi connectivity index (χ0) is 31.4. The van der Waals surface area contributed by atoms with E-state index in [0.29, 0.717) is 55.4 Å². The first-order chi connectivity index (χ1) is 19.8. The zero-order valence-corrected chi connectivity index (χ0v) is 24.6. The number of carboxylic acid groups (broad SMARTS) is 2. The molecule has 0 saturated carbocycles. The number of carboxylic acids is 2. The van der Waals surface area contributed by atoms with E-state index in [1.54, 1.807) is 36.4 Å². The molecule has 0 aliphatic carbocycles. The molecule has 0 unspecified atom stereocenters. The van der Waals surface area contributed by atoms with Gasteiger partial charge in [-0.15, -0.1) is 0 Å².